The van der Waals surface area contributed by atoms with Crippen molar-refractivity contribution in [3.05, 3.63) is 89.2 Å². The second kappa shape index (κ2) is 7.95. The highest BCUT2D eigenvalue weighted by molar-refractivity contribution is 5.94. The van der Waals surface area contributed by atoms with Crippen LogP contribution in [0.3, 0.4) is 0 Å². The Morgan fingerprint density at radius 1 is 1.04 bits per heavy atom. The Hall–Kier alpha value is -3.65. The first-order valence-corrected chi connectivity index (χ1v) is 8.20. The number of hydrogen-bond acceptors (Lipinski definition) is 4. The predicted molar refractivity (Wildman–Crippen MR) is 101 cm³/mol. The minimum absolute atomic E-state index is 0.179. The number of carbonyl (C=O) groups is 1. The van der Waals surface area contributed by atoms with E-state index in [1.54, 1.807) is 24.4 Å². The first-order valence-electron chi connectivity index (χ1n) is 8.20. The third-order valence-electron chi connectivity index (χ3n) is 3.88. The summed E-state index contributed by atoms with van der Waals surface area (Å²) in [6, 6.07) is 18.9. The lowest BCUT2D eigenvalue weighted by atomic mass is 10.1. The molecule has 0 bridgehead atoms. The second-order valence-electron chi connectivity index (χ2n) is 5.94. The summed E-state index contributed by atoms with van der Waals surface area (Å²) in [6.45, 7) is 2.49. The van der Waals surface area contributed by atoms with Gasteiger partial charge in [-0.15, -0.1) is 0 Å². The van der Waals surface area contributed by atoms with Crippen molar-refractivity contribution in [3.8, 4) is 6.07 Å². The van der Waals surface area contributed by atoms with Crippen LogP contribution in [0.1, 0.15) is 27.0 Å². The molecule has 26 heavy (non-hydrogen) atoms. The van der Waals surface area contributed by atoms with Crippen molar-refractivity contribution in [2.75, 3.05) is 5.32 Å². The molecule has 0 saturated carbocycles. The molecule has 1 aromatic heterocycles. The van der Waals surface area contributed by atoms with Gasteiger partial charge < -0.3 is 10.6 Å². The average molecular weight is 342 g/mol. The molecular weight excluding hydrogens is 324 g/mol. The average Bonchev–Trinajstić information content (AvgIpc) is 2.68. The summed E-state index contributed by atoms with van der Waals surface area (Å²) in [6.07, 6.45) is 3.18. The first kappa shape index (κ1) is 17.2. The normalized spacial score (nSPS) is 10.0. The SMILES string of the molecule is Cc1ccc(CNC(=O)c2cncc(Nc3ccc(C#N)cc3)c2)cc1. The van der Waals surface area contributed by atoms with Crippen LogP contribution in [0.2, 0.25) is 0 Å². The van der Waals surface area contributed by atoms with E-state index in [0.29, 0.717) is 23.4 Å². The third-order valence-corrected chi connectivity index (χ3v) is 3.88. The summed E-state index contributed by atoms with van der Waals surface area (Å²) in [4.78, 5) is 16.5. The van der Waals surface area contributed by atoms with E-state index in [2.05, 4.69) is 21.7 Å². The smallest absolute Gasteiger partial charge is 0.253 e. The number of benzene rings is 2. The van der Waals surface area contributed by atoms with Gasteiger partial charge in [-0.1, -0.05) is 29.8 Å². The number of nitriles is 1. The van der Waals surface area contributed by atoms with Crippen molar-refractivity contribution in [1.29, 1.82) is 5.26 Å². The second-order valence-corrected chi connectivity index (χ2v) is 5.94. The minimum atomic E-state index is -0.179. The molecule has 0 aliphatic heterocycles. The summed E-state index contributed by atoms with van der Waals surface area (Å²) in [5.74, 6) is -0.179. The molecule has 5 nitrogen and oxygen atoms in total. The zero-order valence-electron chi connectivity index (χ0n) is 14.4. The summed E-state index contributed by atoms with van der Waals surface area (Å²) < 4.78 is 0. The number of aromatic nitrogens is 1. The van der Waals surface area contributed by atoms with E-state index >= 15 is 0 Å². The molecule has 2 N–H and O–H groups in total. The van der Waals surface area contributed by atoms with E-state index < -0.39 is 0 Å². The molecule has 1 amide bonds. The number of rotatable bonds is 5. The molecule has 3 rings (SSSR count). The molecule has 1 heterocycles. The molecular formula is C21H18N4O. The zero-order chi connectivity index (χ0) is 18.4. The van der Waals surface area contributed by atoms with E-state index in [0.717, 1.165) is 11.3 Å². The Bertz CT molecular complexity index is 941. The van der Waals surface area contributed by atoms with Gasteiger partial charge in [0.05, 0.1) is 29.1 Å². The molecule has 0 aliphatic rings. The Morgan fingerprint density at radius 3 is 2.46 bits per heavy atom. The Morgan fingerprint density at radius 2 is 1.77 bits per heavy atom. The lowest BCUT2D eigenvalue weighted by molar-refractivity contribution is 0.0950. The molecule has 5 heteroatoms. The summed E-state index contributed by atoms with van der Waals surface area (Å²) in [7, 11) is 0. The van der Waals surface area contributed by atoms with Crippen molar-refractivity contribution in [2.45, 2.75) is 13.5 Å². The van der Waals surface area contributed by atoms with Gasteiger partial charge in [-0.25, -0.2) is 0 Å². The fraction of sp³-hybridized carbons (Fsp3) is 0.0952. The quantitative estimate of drug-likeness (QED) is 0.736. The monoisotopic (exact) mass is 342 g/mol. The van der Waals surface area contributed by atoms with Crippen molar-refractivity contribution in [1.82, 2.24) is 10.3 Å². The van der Waals surface area contributed by atoms with Crippen molar-refractivity contribution in [2.24, 2.45) is 0 Å². The van der Waals surface area contributed by atoms with Gasteiger partial charge in [0, 0.05) is 18.4 Å². The van der Waals surface area contributed by atoms with Gasteiger partial charge >= 0.3 is 0 Å². The predicted octanol–water partition coefficient (Wildman–Crippen LogP) is 3.94. The Labute approximate surface area is 152 Å². The topological polar surface area (TPSA) is 77.8 Å². The lowest BCUT2D eigenvalue weighted by Crippen LogP contribution is -2.23. The number of hydrogen-bond donors (Lipinski definition) is 2. The highest BCUT2D eigenvalue weighted by Crippen LogP contribution is 2.17. The first-order chi connectivity index (χ1) is 12.6. The molecule has 0 unspecified atom stereocenters. The number of pyridine rings is 1. The van der Waals surface area contributed by atoms with E-state index in [1.807, 2.05) is 43.3 Å². The van der Waals surface area contributed by atoms with Crippen LogP contribution in [0.5, 0.6) is 0 Å². The molecule has 0 spiro atoms. The van der Waals surface area contributed by atoms with Gasteiger partial charge in [0.2, 0.25) is 0 Å². The number of anilines is 2. The van der Waals surface area contributed by atoms with Gasteiger partial charge in [0.15, 0.2) is 0 Å². The van der Waals surface area contributed by atoms with E-state index in [9.17, 15) is 4.79 Å². The van der Waals surface area contributed by atoms with Gasteiger partial charge in [0.1, 0.15) is 0 Å². The number of nitrogens with zero attached hydrogens (tertiary/aromatic N) is 2. The van der Waals surface area contributed by atoms with Crippen LogP contribution in [-0.4, -0.2) is 10.9 Å². The zero-order valence-corrected chi connectivity index (χ0v) is 14.4. The van der Waals surface area contributed by atoms with Gasteiger partial charge in [0.25, 0.3) is 5.91 Å². The van der Waals surface area contributed by atoms with Crippen LogP contribution in [0.25, 0.3) is 0 Å². The molecule has 3 aromatic rings. The molecule has 0 atom stereocenters. The van der Waals surface area contributed by atoms with Crippen molar-refractivity contribution >= 4 is 17.3 Å². The van der Waals surface area contributed by atoms with Crippen LogP contribution >= 0.6 is 0 Å². The van der Waals surface area contributed by atoms with Crippen LogP contribution < -0.4 is 10.6 Å². The lowest BCUT2D eigenvalue weighted by Gasteiger charge is -2.09. The fourth-order valence-corrected chi connectivity index (χ4v) is 2.42. The number of carbonyl (C=O) groups excluding carboxylic acids is 1. The third kappa shape index (κ3) is 4.46. The standard InChI is InChI=1S/C21H18N4O/c1-15-2-4-17(5-3-15)12-24-21(26)18-10-20(14-23-13-18)25-19-8-6-16(11-22)7-9-19/h2-10,13-14,25H,12H2,1H3,(H,24,26). The molecule has 0 aliphatic carbocycles. The van der Waals surface area contributed by atoms with E-state index in [4.69, 9.17) is 5.26 Å². The van der Waals surface area contributed by atoms with Crippen LogP contribution in [0, 0.1) is 18.3 Å². The number of aryl methyl sites for hydroxylation is 1. The van der Waals surface area contributed by atoms with Crippen LogP contribution in [0.4, 0.5) is 11.4 Å². The van der Waals surface area contributed by atoms with Crippen LogP contribution in [-0.2, 0) is 6.54 Å². The van der Waals surface area contributed by atoms with Gasteiger partial charge in [-0.05, 0) is 42.8 Å². The maximum absolute atomic E-state index is 12.4. The van der Waals surface area contributed by atoms with Crippen molar-refractivity contribution in [3.63, 3.8) is 0 Å². The maximum atomic E-state index is 12.4. The summed E-state index contributed by atoms with van der Waals surface area (Å²) >= 11 is 0. The Balaban J connectivity index is 1.64. The van der Waals surface area contributed by atoms with Crippen LogP contribution in [0.15, 0.2) is 67.0 Å². The number of nitrogens with one attached hydrogen (secondary N) is 2. The highest BCUT2D eigenvalue weighted by atomic mass is 16.1. The van der Waals surface area contributed by atoms with Gasteiger partial charge in [-0.2, -0.15) is 5.26 Å². The van der Waals surface area contributed by atoms with E-state index in [1.165, 1.54) is 11.8 Å². The fourth-order valence-electron chi connectivity index (χ4n) is 2.42. The number of amides is 1. The molecule has 0 saturated heterocycles. The van der Waals surface area contributed by atoms with Crippen molar-refractivity contribution < 1.29 is 4.79 Å². The maximum Gasteiger partial charge on any atom is 0.253 e. The summed E-state index contributed by atoms with van der Waals surface area (Å²) in [5, 5.41) is 14.9. The Kier molecular flexibility index (Phi) is 5.25. The van der Waals surface area contributed by atoms with Gasteiger partial charge in [-0.3, -0.25) is 9.78 Å². The minimum Gasteiger partial charge on any atom is -0.354 e. The largest absolute Gasteiger partial charge is 0.354 e. The highest BCUT2D eigenvalue weighted by Gasteiger charge is 2.07. The summed E-state index contributed by atoms with van der Waals surface area (Å²) in [5.41, 5.74) is 4.84. The molecule has 0 radical (unpaired) electrons. The molecule has 128 valence electrons. The molecule has 2 aromatic carbocycles. The molecule has 0 fully saturated rings. The van der Waals surface area contributed by atoms with E-state index in [-0.39, 0.29) is 5.91 Å².